The molecule has 24 heavy (non-hydrogen) atoms. The molecular formula is C19H24N2O2S. The van der Waals surface area contributed by atoms with E-state index in [-0.39, 0.29) is 5.91 Å². The summed E-state index contributed by atoms with van der Waals surface area (Å²) in [6, 6.07) is 16.5. The molecule has 5 heteroatoms. The largest absolute Gasteiger partial charge is 0.497 e. The Kier molecular flexibility index (Phi) is 7.00. The number of methoxy groups -OCH3 is 1. The monoisotopic (exact) mass is 344 g/mol. The number of rotatable bonds is 9. The number of hydrogen-bond acceptors (Lipinski definition) is 4. The second kappa shape index (κ2) is 9.23. The second-order valence-electron chi connectivity index (χ2n) is 5.68. The summed E-state index contributed by atoms with van der Waals surface area (Å²) in [6.45, 7) is 2.17. The summed E-state index contributed by atoms with van der Waals surface area (Å²) < 4.78 is 5.18. The van der Waals surface area contributed by atoms with E-state index in [1.807, 2.05) is 36.4 Å². The topological polar surface area (TPSA) is 64.3 Å². The first kappa shape index (κ1) is 18.2. The maximum Gasteiger partial charge on any atom is 0.227 e. The zero-order valence-electron chi connectivity index (χ0n) is 14.1. The third-order valence-corrected chi connectivity index (χ3v) is 4.78. The van der Waals surface area contributed by atoms with Crippen molar-refractivity contribution in [3.05, 3.63) is 54.1 Å². The number of primary amides is 1. The SMILES string of the molecule is COc1ccc(CCC(C)Nc2ccccc2SCC(N)=O)cc1. The van der Waals surface area contributed by atoms with Crippen molar-refractivity contribution in [2.24, 2.45) is 5.73 Å². The van der Waals surface area contributed by atoms with Crippen LogP contribution < -0.4 is 15.8 Å². The second-order valence-corrected chi connectivity index (χ2v) is 6.70. The van der Waals surface area contributed by atoms with Crippen molar-refractivity contribution in [3.8, 4) is 5.75 Å². The Bertz CT molecular complexity index is 659. The number of ether oxygens (including phenoxy) is 1. The molecule has 3 N–H and O–H groups in total. The van der Waals surface area contributed by atoms with Crippen LogP contribution >= 0.6 is 11.8 Å². The van der Waals surface area contributed by atoms with Crippen molar-refractivity contribution in [2.45, 2.75) is 30.7 Å². The number of amides is 1. The van der Waals surface area contributed by atoms with Gasteiger partial charge in [-0.2, -0.15) is 0 Å². The predicted octanol–water partition coefficient (Wildman–Crippen LogP) is 3.71. The van der Waals surface area contributed by atoms with Gasteiger partial charge < -0.3 is 15.8 Å². The minimum atomic E-state index is -0.303. The average Bonchev–Trinajstić information content (AvgIpc) is 2.59. The maximum atomic E-state index is 11.0. The lowest BCUT2D eigenvalue weighted by atomic mass is 10.1. The van der Waals surface area contributed by atoms with Crippen LogP contribution in [0, 0.1) is 0 Å². The number of aryl methyl sites for hydroxylation is 1. The Hall–Kier alpha value is -2.14. The van der Waals surface area contributed by atoms with Crippen molar-refractivity contribution < 1.29 is 9.53 Å². The molecule has 4 nitrogen and oxygen atoms in total. The van der Waals surface area contributed by atoms with Crippen LogP contribution in [0.25, 0.3) is 0 Å². The Morgan fingerprint density at radius 1 is 1.21 bits per heavy atom. The van der Waals surface area contributed by atoms with Gasteiger partial charge in [0.05, 0.1) is 12.9 Å². The summed E-state index contributed by atoms with van der Waals surface area (Å²) in [6.07, 6.45) is 2.01. The number of carbonyl (C=O) groups excluding carboxylic acids is 1. The minimum Gasteiger partial charge on any atom is -0.497 e. The third-order valence-electron chi connectivity index (χ3n) is 3.68. The fourth-order valence-corrected chi connectivity index (χ4v) is 3.13. The van der Waals surface area contributed by atoms with Gasteiger partial charge in [-0.3, -0.25) is 4.79 Å². The molecule has 0 radical (unpaired) electrons. The van der Waals surface area contributed by atoms with Gasteiger partial charge in [0.15, 0.2) is 0 Å². The molecule has 0 aliphatic heterocycles. The van der Waals surface area contributed by atoms with E-state index in [1.165, 1.54) is 17.3 Å². The molecule has 0 heterocycles. The molecule has 1 unspecified atom stereocenters. The summed E-state index contributed by atoms with van der Waals surface area (Å²) in [5, 5.41) is 3.53. The highest BCUT2D eigenvalue weighted by Gasteiger charge is 2.08. The maximum absolute atomic E-state index is 11.0. The smallest absolute Gasteiger partial charge is 0.227 e. The van der Waals surface area contributed by atoms with E-state index in [0.29, 0.717) is 11.8 Å². The molecule has 2 rings (SSSR count). The molecule has 0 bridgehead atoms. The quantitative estimate of drug-likeness (QED) is 0.681. The van der Waals surface area contributed by atoms with Gasteiger partial charge in [0.25, 0.3) is 0 Å². The van der Waals surface area contributed by atoms with E-state index in [9.17, 15) is 4.79 Å². The number of hydrogen-bond donors (Lipinski definition) is 2. The van der Waals surface area contributed by atoms with Gasteiger partial charge in [-0.05, 0) is 49.6 Å². The number of benzene rings is 2. The van der Waals surface area contributed by atoms with Gasteiger partial charge in [0, 0.05) is 16.6 Å². The standard InChI is InChI=1S/C19H24N2O2S/c1-14(7-8-15-9-11-16(23-2)12-10-15)21-17-5-3-4-6-18(17)24-13-19(20)22/h3-6,9-12,14,21H,7-8,13H2,1-2H3,(H2,20,22). The van der Waals surface area contributed by atoms with E-state index < -0.39 is 0 Å². The molecule has 0 aliphatic carbocycles. The van der Waals surface area contributed by atoms with Crippen LogP contribution in [0.15, 0.2) is 53.4 Å². The zero-order valence-corrected chi connectivity index (χ0v) is 14.9. The van der Waals surface area contributed by atoms with Crippen molar-refractivity contribution in [2.75, 3.05) is 18.2 Å². The Morgan fingerprint density at radius 3 is 2.58 bits per heavy atom. The van der Waals surface area contributed by atoms with Gasteiger partial charge in [-0.25, -0.2) is 0 Å². The van der Waals surface area contributed by atoms with Crippen molar-refractivity contribution in [3.63, 3.8) is 0 Å². The number of anilines is 1. The first-order valence-electron chi connectivity index (χ1n) is 7.98. The Balaban J connectivity index is 1.89. The van der Waals surface area contributed by atoms with Gasteiger partial charge in [-0.15, -0.1) is 11.8 Å². The lowest BCUT2D eigenvalue weighted by molar-refractivity contribution is -0.115. The van der Waals surface area contributed by atoms with Gasteiger partial charge in [0.2, 0.25) is 5.91 Å². The molecule has 0 aliphatic rings. The summed E-state index contributed by atoms with van der Waals surface area (Å²) in [4.78, 5) is 12.0. The number of nitrogens with two attached hydrogens (primary N) is 1. The normalized spacial score (nSPS) is 11.8. The van der Waals surface area contributed by atoms with Crippen molar-refractivity contribution in [1.82, 2.24) is 0 Å². The average molecular weight is 344 g/mol. The van der Waals surface area contributed by atoms with Crippen LogP contribution in [0.1, 0.15) is 18.9 Å². The number of carbonyl (C=O) groups is 1. The number of nitrogens with one attached hydrogen (secondary N) is 1. The highest BCUT2D eigenvalue weighted by atomic mass is 32.2. The van der Waals surface area contributed by atoms with Gasteiger partial charge >= 0.3 is 0 Å². The van der Waals surface area contributed by atoms with E-state index in [1.54, 1.807) is 7.11 Å². The first-order valence-corrected chi connectivity index (χ1v) is 8.96. The first-order chi connectivity index (χ1) is 11.6. The molecule has 0 saturated heterocycles. The fourth-order valence-electron chi connectivity index (χ4n) is 2.37. The van der Waals surface area contributed by atoms with E-state index >= 15 is 0 Å². The van der Waals surface area contributed by atoms with Crippen LogP contribution in [-0.4, -0.2) is 24.8 Å². The van der Waals surface area contributed by atoms with Crippen LogP contribution in [-0.2, 0) is 11.2 Å². The van der Waals surface area contributed by atoms with Crippen LogP contribution in [0.4, 0.5) is 5.69 Å². The molecule has 1 atom stereocenters. The van der Waals surface area contributed by atoms with Gasteiger partial charge in [0.1, 0.15) is 5.75 Å². The minimum absolute atomic E-state index is 0.291. The van der Waals surface area contributed by atoms with Crippen molar-refractivity contribution >= 4 is 23.4 Å². The summed E-state index contributed by atoms with van der Waals surface area (Å²) in [5.74, 6) is 0.867. The Morgan fingerprint density at radius 2 is 1.92 bits per heavy atom. The summed E-state index contributed by atoms with van der Waals surface area (Å²) >= 11 is 1.46. The predicted molar refractivity (Wildman–Crippen MR) is 101 cm³/mol. The molecule has 128 valence electrons. The molecule has 0 saturated carbocycles. The Labute approximate surface area is 147 Å². The molecule has 0 fully saturated rings. The van der Waals surface area contributed by atoms with Crippen LogP contribution in [0.2, 0.25) is 0 Å². The summed E-state index contributed by atoms with van der Waals surface area (Å²) in [7, 11) is 1.68. The summed E-state index contributed by atoms with van der Waals surface area (Å²) in [5.41, 5.74) is 7.57. The van der Waals surface area contributed by atoms with Crippen LogP contribution in [0.3, 0.4) is 0 Å². The number of thioether (sulfide) groups is 1. The third kappa shape index (κ3) is 5.81. The molecule has 2 aromatic carbocycles. The van der Waals surface area contributed by atoms with Crippen LogP contribution in [0.5, 0.6) is 5.75 Å². The lowest BCUT2D eigenvalue weighted by Gasteiger charge is -2.18. The van der Waals surface area contributed by atoms with Gasteiger partial charge in [-0.1, -0.05) is 24.3 Å². The van der Waals surface area contributed by atoms with Crippen molar-refractivity contribution in [1.29, 1.82) is 0 Å². The number of para-hydroxylation sites is 1. The zero-order chi connectivity index (χ0) is 17.4. The van der Waals surface area contributed by atoms with E-state index in [4.69, 9.17) is 10.5 Å². The molecular weight excluding hydrogens is 320 g/mol. The highest BCUT2D eigenvalue weighted by molar-refractivity contribution is 8.00. The van der Waals surface area contributed by atoms with E-state index in [2.05, 4.69) is 24.4 Å². The molecule has 1 amide bonds. The fraction of sp³-hybridized carbons (Fsp3) is 0.316. The van der Waals surface area contributed by atoms with E-state index in [0.717, 1.165) is 29.2 Å². The lowest BCUT2D eigenvalue weighted by Crippen LogP contribution is -2.17. The molecule has 0 aromatic heterocycles. The molecule has 2 aromatic rings. The molecule has 0 spiro atoms. The highest BCUT2D eigenvalue weighted by Crippen LogP contribution is 2.27.